The molecular weight excluding hydrogens is 338 g/mol. The van der Waals surface area contributed by atoms with Crippen molar-refractivity contribution < 1.29 is 0 Å². The second-order valence-electron chi connectivity index (χ2n) is 9.27. The number of hydrogen-bond donors (Lipinski definition) is 1. The number of allylic oxidation sites excluding steroid dienone is 7. The lowest BCUT2D eigenvalue weighted by Gasteiger charge is -2.43. The van der Waals surface area contributed by atoms with E-state index in [9.17, 15) is 0 Å². The summed E-state index contributed by atoms with van der Waals surface area (Å²) in [6, 6.07) is 12.7. The third-order valence-corrected chi connectivity index (χ3v) is 6.56. The van der Waals surface area contributed by atoms with Crippen LogP contribution in [0.25, 0.3) is 5.57 Å². The summed E-state index contributed by atoms with van der Waals surface area (Å²) in [5, 5.41) is 0. The monoisotopic (exact) mass is 369 g/mol. The number of benzene rings is 1. The van der Waals surface area contributed by atoms with E-state index < -0.39 is 0 Å². The molecule has 1 heterocycles. The van der Waals surface area contributed by atoms with E-state index >= 15 is 0 Å². The largest absolute Gasteiger partial charge is 0.368 e. The van der Waals surface area contributed by atoms with Gasteiger partial charge in [-0.2, -0.15) is 0 Å². The van der Waals surface area contributed by atoms with Crippen LogP contribution >= 0.6 is 0 Å². The normalized spacial score (nSPS) is 26.8. The zero-order valence-electron chi connectivity index (χ0n) is 17.3. The molecule has 144 valence electrons. The Morgan fingerprint density at radius 2 is 1.79 bits per heavy atom. The molecule has 5 rings (SSSR count). The number of aromatic amines is 1. The van der Waals surface area contributed by atoms with Gasteiger partial charge in [0.1, 0.15) is 0 Å². The van der Waals surface area contributed by atoms with Crippen molar-refractivity contribution in [3.8, 4) is 0 Å². The highest BCUT2D eigenvalue weighted by molar-refractivity contribution is 5.88. The van der Waals surface area contributed by atoms with E-state index in [-0.39, 0.29) is 5.41 Å². The first kappa shape index (κ1) is 18.8. The highest BCUT2D eigenvalue weighted by Gasteiger charge is 2.39. The third-order valence-electron chi connectivity index (χ3n) is 6.56. The molecule has 0 spiro atoms. The van der Waals surface area contributed by atoms with E-state index in [4.69, 9.17) is 0 Å². The van der Waals surface area contributed by atoms with Crippen LogP contribution in [0.5, 0.6) is 0 Å². The van der Waals surface area contributed by atoms with Crippen molar-refractivity contribution in [2.24, 2.45) is 11.3 Å². The van der Waals surface area contributed by atoms with Crippen molar-refractivity contribution in [1.29, 1.82) is 0 Å². The van der Waals surface area contributed by atoms with Crippen LogP contribution in [0.2, 0.25) is 0 Å². The van der Waals surface area contributed by atoms with Gasteiger partial charge >= 0.3 is 0 Å². The van der Waals surface area contributed by atoms with Gasteiger partial charge in [0.2, 0.25) is 0 Å². The van der Waals surface area contributed by atoms with Gasteiger partial charge in [0, 0.05) is 23.7 Å². The lowest BCUT2D eigenvalue weighted by Crippen LogP contribution is -2.30. The van der Waals surface area contributed by atoms with Gasteiger partial charge in [0.05, 0.1) is 0 Å². The van der Waals surface area contributed by atoms with Gasteiger partial charge in [-0.15, -0.1) is 6.58 Å². The Balaban J connectivity index is 0.000000336. The molecule has 0 saturated heterocycles. The number of rotatable bonds is 1. The first-order chi connectivity index (χ1) is 13.4. The second kappa shape index (κ2) is 7.13. The summed E-state index contributed by atoms with van der Waals surface area (Å²) >= 11 is 0. The molecule has 2 aromatic rings. The predicted octanol–water partition coefficient (Wildman–Crippen LogP) is 7.23. The molecule has 0 amide bonds. The Labute approximate surface area is 169 Å². The smallest absolute Gasteiger partial charge is 0.0293 e. The lowest BCUT2D eigenvalue weighted by molar-refractivity contribution is 0.262. The average Bonchev–Trinajstić information content (AvgIpc) is 3.27. The molecule has 3 aliphatic carbocycles. The van der Waals surface area contributed by atoms with Crippen molar-refractivity contribution in [2.75, 3.05) is 0 Å². The summed E-state index contributed by atoms with van der Waals surface area (Å²) < 4.78 is 0. The zero-order chi connectivity index (χ0) is 19.8. The molecule has 1 saturated carbocycles. The number of nitrogens with one attached hydrogen (secondary N) is 1. The van der Waals surface area contributed by atoms with Gasteiger partial charge < -0.3 is 4.98 Å². The maximum Gasteiger partial charge on any atom is 0.0293 e. The minimum Gasteiger partial charge on any atom is -0.368 e. The van der Waals surface area contributed by atoms with Gasteiger partial charge in [-0.3, -0.25) is 0 Å². The molecule has 0 radical (unpaired) electrons. The van der Waals surface area contributed by atoms with E-state index in [2.05, 4.69) is 80.9 Å². The molecule has 1 N–H and O–H groups in total. The molecular formula is C27H31N. The third kappa shape index (κ3) is 3.35. The molecule has 0 aliphatic heterocycles. The van der Waals surface area contributed by atoms with E-state index in [0.717, 1.165) is 0 Å². The van der Waals surface area contributed by atoms with E-state index in [0.29, 0.717) is 11.3 Å². The summed E-state index contributed by atoms with van der Waals surface area (Å²) in [6.45, 7) is 11.2. The highest BCUT2D eigenvalue weighted by atomic mass is 14.6. The molecule has 2 unspecified atom stereocenters. The van der Waals surface area contributed by atoms with Gasteiger partial charge in [0.15, 0.2) is 0 Å². The maximum absolute atomic E-state index is 4.14. The molecule has 1 aromatic carbocycles. The lowest BCUT2D eigenvalue weighted by atomic mass is 9.61. The van der Waals surface area contributed by atoms with Gasteiger partial charge in [-0.05, 0) is 66.0 Å². The van der Waals surface area contributed by atoms with Gasteiger partial charge in [-0.25, -0.2) is 0 Å². The van der Waals surface area contributed by atoms with E-state index in [1.165, 1.54) is 36.0 Å². The maximum atomic E-state index is 4.14. The van der Waals surface area contributed by atoms with Crippen LogP contribution in [0, 0.1) is 11.3 Å². The fourth-order valence-electron chi connectivity index (χ4n) is 4.95. The Hall–Kier alpha value is -2.54. The Morgan fingerprint density at radius 1 is 1.04 bits per heavy atom. The summed E-state index contributed by atoms with van der Waals surface area (Å²) in [5.41, 5.74) is 7.78. The molecule has 28 heavy (non-hydrogen) atoms. The number of aromatic nitrogens is 1. The van der Waals surface area contributed by atoms with Crippen molar-refractivity contribution in [2.45, 2.75) is 45.4 Å². The number of hydrogen-bond acceptors (Lipinski definition) is 0. The average molecular weight is 370 g/mol. The Bertz CT molecular complexity index is 935. The van der Waals surface area contributed by atoms with Crippen molar-refractivity contribution in [1.82, 2.24) is 4.98 Å². The number of H-pyrrole nitrogens is 1. The van der Waals surface area contributed by atoms with Crippen LogP contribution in [0.3, 0.4) is 0 Å². The summed E-state index contributed by atoms with van der Waals surface area (Å²) in [7, 11) is 0. The fourth-order valence-corrected chi connectivity index (χ4v) is 4.95. The number of fused-ring (bicyclic) bond motifs is 5. The molecule has 1 heteroatoms. The molecule has 1 aromatic heterocycles. The molecule has 1 fully saturated rings. The predicted molar refractivity (Wildman–Crippen MR) is 120 cm³/mol. The molecule has 3 aliphatic rings. The quantitative estimate of drug-likeness (QED) is 0.510. The first-order valence-electron chi connectivity index (χ1n) is 10.4. The zero-order valence-corrected chi connectivity index (χ0v) is 17.3. The molecule has 1 nitrogen and oxygen atoms in total. The van der Waals surface area contributed by atoms with Gasteiger partial charge in [-0.1, -0.05) is 68.0 Å². The van der Waals surface area contributed by atoms with Crippen molar-refractivity contribution in [3.05, 3.63) is 102 Å². The van der Waals surface area contributed by atoms with E-state index in [1.54, 1.807) is 11.1 Å². The topological polar surface area (TPSA) is 15.8 Å². The van der Waals surface area contributed by atoms with Gasteiger partial charge in [0.25, 0.3) is 0 Å². The van der Waals surface area contributed by atoms with Crippen LogP contribution in [0.15, 0.2) is 90.8 Å². The second-order valence-corrected chi connectivity index (χ2v) is 9.27. The summed E-state index contributed by atoms with van der Waals surface area (Å²) in [6.07, 6.45) is 16.9. The van der Waals surface area contributed by atoms with Crippen LogP contribution in [-0.2, 0) is 5.41 Å². The van der Waals surface area contributed by atoms with Crippen LogP contribution in [0.1, 0.15) is 51.2 Å². The van der Waals surface area contributed by atoms with Crippen molar-refractivity contribution >= 4 is 5.57 Å². The van der Waals surface area contributed by atoms with E-state index in [1.807, 2.05) is 24.5 Å². The van der Waals surface area contributed by atoms with Crippen molar-refractivity contribution in [3.63, 3.8) is 0 Å². The standard InChI is InChI=1S/C23H26.C4H5N/c1-5-23(4)15-20-17-12-13-22(2,3)14-16(17)10-11-18(20)19-8-6-7-9-21(19)23;1-2-4-5-3-1/h5-11,15,17H,1,12-14H2,2-4H3;1-5H. The minimum absolute atomic E-state index is 0.0569. The fraction of sp³-hybridized carbons (Fsp3) is 0.333. The Morgan fingerprint density at radius 3 is 2.46 bits per heavy atom. The Kier molecular flexibility index (Phi) is 4.79. The van der Waals surface area contributed by atoms with Crippen LogP contribution < -0.4 is 0 Å². The van der Waals surface area contributed by atoms with Crippen LogP contribution in [0.4, 0.5) is 0 Å². The molecule has 0 bridgehead atoms. The molecule has 2 atom stereocenters. The SMILES string of the molecule is C=CC1(C)C=C2C(=CC=C3CC(C)(C)CCC32)c2ccccc21.c1cc[nH]c1. The minimum atomic E-state index is -0.0569. The summed E-state index contributed by atoms with van der Waals surface area (Å²) in [4.78, 5) is 2.86. The summed E-state index contributed by atoms with van der Waals surface area (Å²) in [5.74, 6) is 0.607. The van der Waals surface area contributed by atoms with Crippen LogP contribution in [-0.4, -0.2) is 4.98 Å². The first-order valence-corrected chi connectivity index (χ1v) is 10.4. The highest BCUT2D eigenvalue weighted by Crippen LogP contribution is 2.53.